The van der Waals surface area contributed by atoms with Crippen molar-refractivity contribution < 1.29 is 4.40 Å². The number of aromatic nitrogens is 2. The first-order valence-corrected chi connectivity index (χ1v) is 6.40. The highest BCUT2D eigenvalue weighted by Gasteiger charge is 2.20. The smallest absolute Gasteiger partial charge is 0.195 e. The molecule has 1 aromatic carbocycles. The Bertz CT molecular complexity index is 807. The van der Waals surface area contributed by atoms with Crippen LogP contribution < -0.4 is 4.40 Å². The average molecular weight is 245 g/mol. The van der Waals surface area contributed by atoms with Gasteiger partial charge < -0.3 is 0 Å². The molecule has 3 aromatic heterocycles. The molecule has 0 aliphatic heterocycles. The van der Waals surface area contributed by atoms with Gasteiger partial charge in [0.2, 0.25) is 0 Å². The molecule has 2 nitrogen and oxygen atoms in total. The molecule has 0 atom stereocenters. The van der Waals surface area contributed by atoms with E-state index in [-0.39, 0.29) is 0 Å². The van der Waals surface area contributed by atoms with Gasteiger partial charge in [0, 0.05) is 0 Å². The minimum Gasteiger partial charge on any atom is -0.195 e. The van der Waals surface area contributed by atoms with Crippen LogP contribution in [0.2, 0.25) is 0 Å². The van der Waals surface area contributed by atoms with Crippen molar-refractivity contribution in [1.82, 2.24) is 4.40 Å². The molecule has 0 spiro atoms. The van der Waals surface area contributed by atoms with E-state index in [2.05, 4.69) is 81.9 Å². The molecule has 0 bridgehead atoms. The molecule has 3 heterocycles. The van der Waals surface area contributed by atoms with E-state index in [4.69, 9.17) is 0 Å². The number of rotatable bonds is 1. The van der Waals surface area contributed by atoms with Crippen molar-refractivity contribution in [1.29, 1.82) is 0 Å². The lowest BCUT2D eigenvalue weighted by Crippen LogP contribution is -2.21. The topological polar surface area (TPSA) is 8.51 Å². The van der Waals surface area contributed by atoms with Crippen LogP contribution >= 0.6 is 0 Å². The Morgan fingerprint density at radius 2 is 1.53 bits per heavy atom. The van der Waals surface area contributed by atoms with Crippen LogP contribution in [0.3, 0.4) is 0 Å². The molecule has 0 radical (unpaired) electrons. The van der Waals surface area contributed by atoms with Gasteiger partial charge in [-0.1, -0.05) is 30.3 Å². The third kappa shape index (κ3) is 1.47. The fourth-order valence-corrected chi connectivity index (χ4v) is 2.65. The molecule has 0 saturated heterocycles. The summed E-state index contributed by atoms with van der Waals surface area (Å²) in [4.78, 5) is 0. The molecule has 0 amide bonds. The highest BCUT2D eigenvalue weighted by Crippen LogP contribution is 2.21. The van der Waals surface area contributed by atoms with Gasteiger partial charge in [-0.15, -0.1) is 0 Å². The Kier molecular flexibility index (Phi) is 2.15. The fourth-order valence-electron chi connectivity index (χ4n) is 2.65. The Balaban J connectivity index is 2.24. The monoisotopic (exact) mass is 245 g/mol. The number of imidazole rings is 1. The average Bonchev–Trinajstić information content (AvgIpc) is 2.83. The minimum absolute atomic E-state index is 1.19. The van der Waals surface area contributed by atoms with Gasteiger partial charge in [0.1, 0.15) is 0 Å². The zero-order valence-corrected chi connectivity index (χ0v) is 10.4. The van der Waals surface area contributed by atoms with Crippen LogP contribution in [0.15, 0.2) is 79.1 Å². The van der Waals surface area contributed by atoms with E-state index in [0.29, 0.717) is 0 Å². The summed E-state index contributed by atoms with van der Waals surface area (Å²) in [6, 6.07) is 23.1. The summed E-state index contributed by atoms with van der Waals surface area (Å²) in [6.07, 6.45) is 4.23. The summed E-state index contributed by atoms with van der Waals surface area (Å²) in [5.74, 6) is 1.19. The first-order chi connectivity index (χ1) is 9.45. The number of benzene rings is 1. The van der Waals surface area contributed by atoms with Gasteiger partial charge in [0.15, 0.2) is 11.0 Å². The van der Waals surface area contributed by atoms with Crippen molar-refractivity contribution in [3.8, 4) is 11.4 Å². The molecule has 4 aromatic rings. The molecule has 0 saturated carbocycles. The molecule has 0 N–H and O–H groups in total. The molecular weight excluding hydrogens is 232 g/mol. The summed E-state index contributed by atoms with van der Waals surface area (Å²) in [5, 5.41) is 0. The molecule has 0 aliphatic carbocycles. The first-order valence-electron chi connectivity index (χ1n) is 6.40. The van der Waals surface area contributed by atoms with Crippen LogP contribution in [0.25, 0.3) is 22.4 Å². The predicted octanol–water partition coefficient (Wildman–Crippen LogP) is 3.35. The highest BCUT2D eigenvalue weighted by atomic mass is 15.1. The Labute approximate surface area is 111 Å². The lowest BCUT2D eigenvalue weighted by molar-refractivity contribution is -0.498. The number of nitrogens with zero attached hydrogens (tertiary/aromatic N) is 2. The van der Waals surface area contributed by atoms with Crippen LogP contribution in [0.1, 0.15) is 0 Å². The van der Waals surface area contributed by atoms with Gasteiger partial charge in [-0.3, -0.25) is 0 Å². The summed E-state index contributed by atoms with van der Waals surface area (Å²) in [6.45, 7) is 0. The van der Waals surface area contributed by atoms with E-state index in [1.807, 2.05) is 6.07 Å². The summed E-state index contributed by atoms with van der Waals surface area (Å²) in [7, 11) is 0. The first kappa shape index (κ1) is 10.3. The number of hydrogen-bond acceptors (Lipinski definition) is 0. The second-order valence-electron chi connectivity index (χ2n) is 4.60. The van der Waals surface area contributed by atoms with E-state index >= 15 is 0 Å². The number of fused-ring (bicyclic) bond motifs is 3. The predicted molar refractivity (Wildman–Crippen MR) is 76.0 cm³/mol. The van der Waals surface area contributed by atoms with Crippen molar-refractivity contribution in [2.24, 2.45) is 0 Å². The van der Waals surface area contributed by atoms with Crippen molar-refractivity contribution in [3.63, 3.8) is 0 Å². The zero-order valence-electron chi connectivity index (χ0n) is 10.4. The quantitative estimate of drug-likeness (QED) is 0.455. The second-order valence-corrected chi connectivity index (χ2v) is 4.60. The second kappa shape index (κ2) is 3.95. The summed E-state index contributed by atoms with van der Waals surface area (Å²) < 4.78 is 4.48. The van der Waals surface area contributed by atoms with Crippen LogP contribution in [-0.2, 0) is 0 Å². The molecule has 4 rings (SSSR count). The fraction of sp³-hybridized carbons (Fsp3) is 0. The summed E-state index contributed by atoms with van der Waals surface area (Å²) >= 11 is 0. The van der Waals surface area contributed by atoms with E-state index in [1.54, 1.807) is 0 Å². The largest absolute Gasteiger partial charge is 0.299 e. The highest BCUT2D eigenvalue weighted by molar-refractivity contribution is 5.75. The van der Waals surface area contributed by atoms with E-state index in [9.17, 15) is 0 Å². The Morgan fingerprint density at radius 1 is 0.737 bits per heavy atom. The molecule has 0 fully saturated rings. The number of hydrogen-bond donors (Lipinski definition) is 0. The van der Waals surface area contributed by atoms with Crippen molar-refractivity contribution >= 4 is 11.0 Å². The Morgan fingerprint density at radius 3 is 2.42 bits per heavy atom. The SMILES string of the molecule is c1ccc(-c2n3ccccc3c3cccc[n+]23)cc1. The molecule has 0 unspecified atom stereocenters. The lowest BCUT2D eigenvalue weighted by Gasteiger charge is -1.95. The van der Waals surface area contributed by atoms with E-state index in [0.717, 1.165) is 0 Å². The molecule has 2 heteroatoms. The number of pyridine rings is 2. The van der Waals surface area contributed by atoms with Crippen LogP contribution in [-0.4, -0.2) is 4.40 Å². The minimum atomic E-state index is 1.19. The van der Waals surface area contributed by atoms with E-state index in [1.165, 1.54) is 22.4 Å². The van der Waals surface area contributed by atoms with Gasteiger partial charge in [0.05, 0.1) is 18.0 Å². The van der Waals surface area contributed by atoms with Gasteiger partial charge in [-0.05, 0) is 36.4 Å². The van der Waals surface area contributed by atoms with E-state index < -0.39 is 0 Å². The van der Waals surface area contributed by atoms with Crippen LogP contribution in [0.5, 0.6) is 0 Å². The van der Waals surface area contributed by atoms with Gasteiger partial charge in [-0.25, -0.2) is 0 Å². The third-order valence-corrected chi connectivity index (χ3v) is 3.47. The van der Waals surface area contributed by atoms with Crippen LogP contribution in [0, 0.1) is 0 Å². The van der Waals surface area contributed by atoms with Crippen molar-refractivity contribution in [2.45, 2.75) is 0 Å². The van der Waals surface area contributed by atoms with Gasteiger partial charge in [-0.2, -0.15) is 8.80 Å². The third-order valence-electron chi connectivity index (χ3n) is 3.47. The maximum atomic E-state index is 2.24. The summed E-state index contributed by atoms with van der Waals surface area (Å²) in [5.41, 5.74) is 3.67. The Hall–Kier alpha value is -2.61. The van der Waals surface area contributed by atoms with Gasteiger partial charge in [0.25, 0.3) is 5.82 Å². The standard InChI is InChI=1S/C17H13N2/c1-2-8-14(9-3-1)17-18-12-6-4-10-15(18)16-11-5-7-13-19(16)17/h1-13H/q+1. The zero-order chi connectivity index (χ0) is 12.7. The maximum Gasteiger partial charge on any atom is 0.299 e. The van der Waals surface area contributed by atoms with Gasteiger partial charge >= 0.3 is 0 Å². The van der Waals surface area contributed by atoms with Crippen molar-refractivity contribution in [2.75, 3.05) is 0 Å². The normalized spacial score (nSPS) is 11.2. The lowest BCUT2D eigenvalue weighted by atomic mass is 10.2. The molecule has 0 aliphatic rings. The maximum absolute atomic E-state index is 2.24. The molecular formula is C17H13N2+. The molecule has 19 heavy (non-hydrogen) atoms. The molecule has 90 valence electrons. The van der Waals surface area contributed by atoms with Crippen LogP contribution in [0.4, 0.5) is 0 Å². The van der Waals surface area contributed by atoms with Crippen molar-refractivity contribution in [3.05, 3.63) is 79.1 Å².